The van der Waals surface area contributed by atoms with Crippen LogP contribution in [-0.2, 0) is 9.59 Å². The molecule has 152 valence electrons. The normalized spacial score (nSPS) is 13.4. The SMILES string of the molecule is CCOc1ccc(C)cc1C(C)N/C=C(/C#N)C(=O)NC(CC(C)C)C(=O)O. The number of aryl methyl sites for hydroxylation is 1. The van der Waals surface area contributed by atoms with Crippen LogP contribution < -0.4 is 15.4 Å². The van der Waals surface area contributed by atoms with Gasteiger partial charge in [-0.05, 0) is 39.2 Å². The summed E-state index contributed by atoms with van der Waals surface area (Å²) in [5.41, 5.74) is 1.78. The Bertz CT molecular complexity index is 765. The van der Waals surface area contributed by atoms with E-state index in [1.54, 1.807) is 0 Å². The summed E-state index contributed by atoms with van der Waals surface area (Å²) in [6.07, 6.45) is 1.59. The van der Waals surface area contributed by atoms with E-state index in [-0.39, 0.29) is 24.0 Å². The van der Waals surface area contributed by atoms with Gasteiger partial charge in [-0.3, -0.25) is 4.79 Å². The van der Waals surface area contributed by atoms with Crippen molar-refractivity contribution in [2.45, 2.75) is 53.1 Å². The number of ether oxygens (including phenoxy) is 1. The third-order valence-corrected chi connectivity index (χ3v) is 4.08. The van der Waals surface area contributed by atoms with E-state index >= 15 is 0 Å². The average Bonchev–Trinajstić information content (AvgIpc) is 2.62. The first-order valence-electron chi connectivity index (χ1n) is 9.32. The first-order valence-corrected chi connectivity index (χ1v) is 9.32. The molecule has 0 saturated heterocycles. The Morgan fingerprint density at radius 2 is 2.00 bits per heavy atom. The van der Waals surface area contributed by atoms with Crippen LogP contribution in [0.2, 0.25) is 0 Å². The Kier molecular flexibility index (Phi) is 9.03. The Balaban J connectivity index is 2.93. The summed E-state index contributed by atoms with van der Waals surface area (Å²) >= 11 is 0. The number of hydrogen-bond donors (Lipinski definition) is 3. The summed E-state index contributed by atoms with van der Waals surface area (Å²) in [6, 6.07) is 6.38. The maximum Gasteiger partial charge on any atom is 0.326 e. The average molecular weight is 387 g/mol. The van der Waals surface area contributed by atoms with E-state index in [1.807, 2.05) is 58.9 Å². The van der Waals surface area contributed by atoms with E-state index < -0.39 is 17.9 Å². The highest BCUT2D eigenvalue weighted by atomic mass is 16.5. The third-order valence-electron chi connectivity index (χ3n) is 4.08. The fourth-order valence-corrected chi connectivity index (χ4v) is 2.67. The summed E-state index contributed by atoms with van der Waals surface area (Å²) in [5, 5.41) is 24.0. The van der Waals surface area contributed by atoms with Gasteiger partial charge in [0.05, 0.1) is 12.6 Å². The van der Waals surface area contributed by atoms with Gasteiger partial charge in [-0.2, -0.15) is 5.26 Å². The fraction of sp³-hybridized carbons (Fsp3) is 0.476. The molecule has 0 radical (unpaired) electrons. The van der Waals surface area contributed by atoms with Gasteiger partial charge in [0.2, 0.25) is 0 Å². The Morgan fingerprint density at radius 1 is 1.32 bits per heavy atom. The number of amides is 1. The number of rotatable bonds is 10. The zero-order valence-electron chi connectivity index (χ0n) is 17.1. The van der Waals surface area contributed by atoms with Crippen molar-refractivity contribution >= 4 is 11.9 Å². The fourth-order valence-electron chi connectivity index (χ4n) is 2.67. The van der Waals surface area contributed by atoms with Crippen molar-refractivity contribution < 1.29 is 19.4 Å². The minimum Gasteiger partial charge on any atom is -0.494 e. The van der Waals surface area contributed by atoms with E-state index in [9.17, 15) is 20.0 Å². The molecule has 1 aromatic carbocycles. The van der Waals surface area contributed by atoms with Gasteiger partial charge in [-0.1, -0.05) is 31.5 Å². The number of carboxylic acid groups (broad SMARTS) is 1. The number of benzene rings is 1. The number of aliphatic carboxylic acids is 1. The highest BCUT2D eigenvalue weighted by molar-refractivity contribution is 5.99. The zero-order valence-corrected chi connectivity index (χ0v) is 17.1. The largest absolute Gasteiger partial charge is 0.494 e. The van der Waals surface area contributed by atoms with Gasteiger partial charge >= 0.3 is 5.97 Å². The second-order valence-electron chi connectivity index (χ2n) is 7.03. The number of nitrogens with zero attached hydrogens (tertiary/aromatic N) is 1. The Hall–Kier alpha value is -3.01. The Morgan fingerprint density at radius 3 is 2.54 bits per heavy atom. The van der Waals surface area contributed by atoms with Crippen LogP contribution in [0.25, 0.3) is 0 Å². The first-order chi connectivity index (χ1) is 13.2. The van der Waals surface area contributed by atoms with E-state index in [0.29, 0.717) is 6.61 Å². The molecule has 1 amide bonds. The standard InChI is InChI=1S/C21H29N3O4/c1-6-28-19-8-7-14(4)10-17(19)15(5)23-12-16(11-22)20(25)24-18(21(26)27)9-13(2)3/h7-8,10,12-13,15,18,23H,6,9H2,1-5H3,(H,24,25)(H,26,27)/b16-12-. The highest BCUT2D eigenvalue weighted by Gasteiger charge is 2.23. The topological polar surface area (TPSA) is 111 Å². The molecule has 0 saturated carbocycles. The van der Waals surface area contributed by atoms with Crippen LogP contribution in [0.3, 0.4) is 0 Å². The molecule has 0 bridgehead atoms. The van der Waals surface area contributed by atoms with Gasteiger partial charge in [0.25, 0.3) is 5.91 Å². The van der Waals surface area contributed by atoms with Crippen molar-refractivity contribution in [2.24, 2.45) is 5.92 Å². The van der Waals surface area contributed by atoms with E-state index in [4.69, 9.17) is 4.74 Å². The molecule has 0 heterocycles. The number of carbonyl (C=O) groups excluding carboxylic acids is 1. The number of nitriles is 1. The van der Waals surface area contributed by atoms with Crippen LogP contribution in [0.5, 0.6) is 5.75 Å². The summed E-state index contributed by atoms with van der Waals surface area (Å²) in [7, 11) is 0. The number of carbonyl (C=O) groups is 2. The zero-order chi connectivity index (χ0) is 21.3. The third kappa shape index (κ3) is 6.95. The number of hydrogen-bond acceptors (Lipinski definition) is 5. The molecule has 0 fully saturated rings. The molecular formula is C21H29N3O4. The van der Waals surface area contributed by atoms with Crippen molar-refractivity contribution in [3.63, 3.8) is 0 Å². The maximum absolute atomic E-state index is 12.3. The van der Waals surface area contributed by atoms with E-state index in [0.717, 1.165) is 16.9 Å². The highest BCUT2D eigenvalue weighted by Crippen LogP contribution is 2.26. The predicted octanol–water partition coefficient (Wildman–Crippen LogP) is 3.07. The van der Waals surface area contributed by atoms with Crippen molar-refractivity contribution in [1.29, 1.82) is 5.26 Å². The predicted molar refractivity (Wildman–Crippen MR) is 107 cm³/mol. The molecule has 28 heavy (non-hydrogen) atoms. The van der Waals surface area contributed by atoms with Crippen LogP contribution >= 0.6 is 0 Å². The second kappa shape index (κ2) is 11.0. The molecule has 0 aliphatic rings. The van der Waals surface area contributed by atoms with Crippen molar-refractivity contribution in [2.75, 3.05) is 6.61 Å². The maximum atomic E-state index is 12.3. The summed E-state index contributed by atoms with van der Waals surface area (Å²) < 4.78 is 5.64. The van der Waals surface area contributed by atoms with Crippen LogP contribution in [0.1, 0.15) is 51.3 Å². The molecule has 0 aliphatic carbocycles. The Labute approximate surface area is 166 Å². The van der Waals surface area contributed by atoms with Gasteiger partial charge in [0.15, 0.2) is 0 Å². The van der Waals surface area contributed by atoms with Crippen LogP contribution in [0, 0.1) is 24.2 Å². The van der Waals surface area contributed by atoms with E-state index in [1.165, 1.54) is 6.20 Å². The molecule has 0 spiro atoms. The second-order valence-corrected chi connectivity index (χ2v) is 7.03. The quantitative estimate of drug-likeness (QED) is 0.420. The van der Waals surface area contributed by atoms with E-state index in [2.05, 4.69) is 10.6 Å². The molecule has 7 nitrogen and oxygen atoms in total. The lowest BCUT2D eigenvalue weighted by atomic mass is 10.0. The molecule has 2 atom stereocenters. The molecule has 1 rings (SSSR count). The minimum atomic E-state index is -1.12. The molecule has 2 unspecified atom stereocenters. The lowest BCUT2D eigenvalue weighted by Gasteiger charge is -2.18. The monoisotopic (exact) mass is 387 g/mol. The smallest absolute Gasteiger partial charge is 0.326 e. The lowest BCUT2D eigenvalue weighted by molar-refractivity contribution is -0.141. The molecule has 7 heteroatoms. The summed E-state index contributed by atoms with van der Waals surface area (Å²) in [5.74, 6) is -1.02. The summed E-state index contributed by atoms with van der Waals surface area (Å²) in [4.78, 5) is 23.6. The van der Waals surface area contributed by atoms with Gasteiger partial charge in [0.1, 0.15) is 23.4 Å². The van der Waals surface area contributed by atoms with Crippen molar-refractivity contribution in [3.05, 3.63) is 41.1 Å². The first kappa shape index (κ1) is 23.0. The molecule has 3 N–H and O–H groups in total. The van der Waals surface area contributed by atoms with Crippen LogP contribution in [-0.4, -0.2) is 29.6 Å². The van der Waals surface area contributed by atoms with Gasteiger partial charge < -0.3 is 20.5 Å². The molecule has 0 aliphatic heterocycles. The summed E-state index contributed by atoms with van der Waals surface area (Å²) in [6.45, 7) is 10.0. The van der Waals surface area contributed by atoms with Crippen molar-refractivity contribution in [3.8, 4) is 11.8 Å². The van der Waals surface area contributed by atoms with Gasteiger partial charge in [0, 0.05) is 11.8 Å². The number of nitrogens with one attached hydrogen (secondary N) is 2. The van der Waals surface area contributed by atoms with Crippen molar-refractivity contribution in [1.82, 2.24) is 10.6 Å². The van der Waals surface area contributed by atoms with Crippen LogP contribution in [0.4, 0.5) is 0 Å². The van der Waals surface area contributed by atoms with Gasteiger partial charge in [-0.25, -0.2) is 4.79 Å². The van der Waals surface area contributed by atoms with Gasteiger partial charge in [-0.15, -0.1) is 0 Å². The van der Waals surface area contributed by atoms with Crippen LogP contribution in [0.15, 0.2) is 30.0 Å². The lowest BCUT2D eigenvalue weighted by Crippen LogP contribution is -2.42. The molecule has 1 aromatic rings. The molecular weight excluding hydrogens is 358 g/mol. The number of carboxylic acids is 1. The molecule has 0 aromatic heterocycles. The minimum absolute atomic E-state index is 0.0902.